The molecule has 1 amide bonds. The average Bonchev–Trinajstić information content (AvgIpc) is 3.32. The molecule has 0 aromatic heterocycles. The van der Waals surface area contributed by atoms with Gasteiger partial charge in [-0.05, 0) is 85.3 Å². The minimum atomic E-state index is -0.446. The summed E-state index contributed by atoms with van der Waals surface area (Å²) in [6, 6.07) is 15.1. The van der Waals surface area contributed by atoms with Gasteiger partial charge in [0.15, 0.2) is 11.6 Å². The van der Waals surface area contributed by atoms with E-state index in [-0.39, 0.29) is 23.3 Å². The Bertz CT molecular complexity index is 1250. The lowest BCUT2D eigenvalue weighted by Gasteiger charge is -2.16. The first-order chi connectivity index (χ1) is 17.6. The van der Waals surface area contributed by atoms with Crippen molar-refractivity contribution in [3.8, 4) is 11.8 Å². The number of carbonyl (C=O) groups excluding carboxylic acids is 1. The van der Waals surface area contributed by atoms with Crippen LogP contribution in [0.5, 0.6) is 5.75 Å². The van der Waals surface area contributed by atoms with E-state index in [4.69, 9.17) is 21.6 Å². The van der Waals surface area contributed by atoms with Crippen LogP contribution < -0.4 is 4.74 Å². The molecule has 1 fully saturated rings. The number of halogens is 4. The van der Waals surface area contributed by atoms with E-state index in [2.05, 4.69) is 6.92 Å². The van der Waals surface area contributed by atoms with Crippen molar-refractivity contribution >= 4 is 17.5 Å². The number of likely N-dealkylation sites (tertiary alicyclic amines) is 1. The maximum Gasteiger partial charge on any atom is 0.254 e. The molecular weight excluding hydrogens is 501 g/mol. The quantitative estimate of drug-likeness (QED) is 0.355. The van der Waals surface area contributed by atoms with Crippen LogP contribution in [0.2, 0.25) is 5.02 Å². The summed E-state index contributed by atoms with van der Waals surface area (Å²) in [4.78, 5) is 13.9. The Kier molecular flexibility index (Phi) is 11.5. The first kappa shape index (κ1) is 29.7. The van der Waals surface area contributed by atoms with Crippen molar-refractivity contribution in [1.82, 2.24) is 4.90 Å². The van der Waals surface area contributed by atoms with E-state index in [1.807, 2.05) is 19.1 Å². The second-order valence-electron chi connectivity index (χ2n) is 8.68. The van der Waals surface area contributed by atoms with Crippen LogP contribution in [0.15, 0.2) is 54.6 Å². The zero-order chi connectivity index (χ0) is 27.5. The van der Waals surface area contributed by atoms with E-state index in [1.54, 1.807) is 24.0 Å². The molecule has 3 aromatic rings. The standard InChI is InChI=1S/C13H16FNO2.C8H6ClN.C8H8F2/c1-9-5-6-15(8-9)13(16)10-3-4-11(14)12(7-10)17-2;1-6-2-3-7(5-10)8(9)4-6;1-2-6-5-7(9)3-4-8(6)10/h3-4,7,9H,5-6,8H2,1-2H3;2-4H,1H3;3-5H,2H2,1H3/t9-;;/m0../s1. The topological polar surface area (TPSA) is 53.3 Å². The van der Waals surface area contributed by atoms with Gasteiger partial charge >= 0.3 is 0 Å². The van der Waals surface area contributed by atoms with Gasteiger partial charge in [-0.1, -0.05) is 31.5 Å². The van der Waals surface area contributed by atoms with Crippen molar-refractivity contribution in [2.75, 3.05) is 20.2 Å². The molecule has 0 aliphatic carbocycles. The van der Waals surface area contributed by atoms with Gasteiger partial charge in [0.2, 0.25) is 0 Å². The van der Waals surface area contributed by atoms with Crippen LogP contribution >= 0.6 is 11.6 Å². The predicted molar refractivity (Wildman–Crippen MR) is 139 cm³/mol. The second-order valence-corrected chi connectivity index (χ2v) is 9.09. The molecule has 1 heterocycles. The molecule has 3 aromatic carbocycles. The highest BCUT2D eigenvalue weighted by Crippen LogP contribution is 2.22. The van der Waals surface area contributed by atoms with E-state index in [0.717, 1.165) is 37.2 Å². The van der Waals surface area contributed by atoms with Crippen LogP contribution in [-0.4, -0.2) is 31.0 Å². The molecule has 1 saturated heterocycles. The molecule has 0 saturated carbocycles. The number of aryl methyl sites for hydroxylation is 2. The molecule has 8 heteroatoms. The number of methoxy groups -OCH3 is 1. The summed E-state index contributed by atoms with van der Waals surface area (Å²) in [5.41, 5.74) is 2.52. The molecule has 0 unspecified atom stereocenters. The molecule has 0 bridgehead atoms. The van der Waals surface area contributed by atoms with Crippen molar-refractivity contribution in [1.29, 1.82) is 5.26 Å². The largest absolute Gasteiger partial charge is 0.494 e. The monoisotopic (exact) mass is 530 g/mol. The van der Waals surface area contributed by atoms with E-state index in [1.165, 1.54) is 31.4 Å². The fourth-order valence-electron chi connectivity index (χ4n) is 3.62. The van der Waals surface area contributed by atoms with Gasteiger partial charge in [0, 0.05) is 18.7 Å². The summed E-state index contributed by atoms with van der Waals surface area (Å²) in [6.07, 6.45) is 1.56. The number of nitrogens with zero attached hydrogens (tertiary/aromatic N) is 2. The van der Waals surface area contributed by atoms with Crippen molar-refractivity contribution in [2.24, 2.45) is 5.92 Å². The SMILES string of the molecule is CCc1cc(F)ccc1F.COc1cc(C(=O)N2CC[C@H](C)C2)ccc1F.Cc1ccc(C#N)c(Cl)c1. The van der Waals surface area contributed by atoms with E-state index < -0.39 is 5.82 Å². The van der Waals surface area contributed by atoms with E-state index in [0.29, 0.717) is 34.1 Å². The van der Waals surface area contributed by atoms with Crippen LogP contribution in [0.3, 0.4) is 0 Å². The van der Waals surface area contributed by atoms with Gasteiger partial charge in [-0.2, -0.15) is 5.26 Å². The third-order valence-electron chi connectivity index (χ3n) is 5.74. The van der Waals surface area contributed by atoms with Gasteiger partial charge in [0.1, 0.15) is 17.7 Å². The lowest BCUT2D eigenvalue weighted by Crippen LogP contribution is -2.28. The van der Waals surface area contributed by atoms with Crippen molar-refractivity contribution in [2.45, 2.75) is 33.6 Å². The minimum Gasteiger partial charge on any atom is -0.494 e. The lowest BCUT2D eigenvalue weighted by molar-refractivity contribution is 0.0787. The molecule has 4 rings (SSSR count). The molecule has 196 valence electrons. The number of rotatable bonds is 3. The molecular formula is C29H30ClF3N2O2. The first-order valence-electron chi connectivity index (χ1n) is 11.8. The Hall–Kier alpha value is -3.50. The Morgan fingerprint density at radius 2 is 1.81 bits per heavy atom. The summed E-state index contributed by atoms with van der Waals surface area (Å²) < 4.78 is 43.1. The zero-order valence-corrected chi connectivity index (χ0v) is 22.1. The van der Waals surface area contributed by atoms with Crippen LogP contribution in [0.25, 0.3) is 0 Å². The van der Waals surface area contributed by atoms with Crippen LogP contribution in [0.1, 0.15) is 47.3 Å². The molecule has 37 heavy (non-hydrogen) atoms. The highest BCUT2D eigenvalue weighted by atomic mass is 35.5. The molecule has 1 atom stereocenters. The molecule has 1 aliphatic rings. The smallest absolute Gasteiger partial charge is 0.254 e. The molecule has 1 aliphatic heterocycles. The van der Waals surface area contributed by atoms with Gasteiger partial charge in [0.25, 0.3) is 5.91 Å². The third-order valence-corrected chi connectivity index (χ3v) is 6.06. The fraction of sp³-hybridized carbons (Fsp3) is 0.310. The van der Waals surface area contributed by atoms with Crippen molar-refractivity contribution in [3.05, 3.63) is 99.3 Å². The van der Waals surface area contributed by atoms with Crippen LogP contribution in [-0.2, 0) is 6.42 Å². The number of benzene rings is 3. The second kappa shape index (κ2) is 14.3. The number of nitriles is 1. The van der Waals surface area contributed by atoms with Crippen LogP contribution in [0.4, 0.5) is 13.2 Å². The number of amides is 1. The highest BCUT2D eigenvalue weighted by Gasteiger charge is 2.24. The predicted octanol–water partition coefficient (Wildman–Crippen LogP) is 7.36. The van der Waals surface area contributed by atoms with Gasteiger partial charge in [-0.25, -0.2) is 13.2 Å². The lowest BCUT2D eigenvalue weighted by atomic mass is 10.1. The highest BCUT2D eigenvalue weighted by molar-refractivity contribution is 6.31. The minimum absolute atomic E-state index is 0.0485. The molecule has 0 spiro atoms. The summed E-state index contributed by atoms with van der Waals surface area (Å²) in [5.74, 6) is -0.543. The normalized spacial score (nSPS) is 14.0. The third kappa shape index (κ3) is 8.83. The van der Waals surface area contributed by atoms with Gasteiger partial charge in [-0.15, -0.1) is 0 Å². The maximum absolute atomic E-state index is 13.2. The number of hydrogen-bond acceptors (Lipinski definition) is 3. The summed E-state index contributed by atoms with van der Waals surface area (Å²) in [6.45, 7) is 7.40. The average molecular weight is 531 g/mol. The summed E-state index contributed by atoms with van der Waals surface area (Å²) >= 11 is 5.71. The first-order valence-corrected chi connectivity index (χ1v) is 12.2. The summed E-state index contributed by atoms with van der Waals surface area (Å²) in [5, 5.41) is 9.00. The maximum atomic E-state index is 13.2. The molecule has 4 nitrogen and oxygen atoms in total. The van der Waals surface area contributed by atoms with Gasteiger partial charge in [-0.3, -0.25) is 4.79 Å². The van der Waals surface area contributed by atoms with Crippen molar-refractivity contribution in [3.63, 3.8) is 0 Å². The molecule has 0 N–H and O–H groups in total. The van der Waals surface area contributed by atoms with Crippen molar-refractivity contribution < 1.29 is 22.7 Å². The van der Waals surface area contributed by atoms with E-state index >= 15 is 0 Å². The van der Waals surface area contributed by atoms with E-state index in [9.17, 15) is 18.0 Å². The summed E-state index contributed by atoms with van der Waals surface area (Å²) in [7, 11) is 1.39. The number of carbonyl (C=O) groups is 1. The fourth-order valence-corrected chi connectivity index (χ4v) is 3.90. The Labute approximate surface area is 221 Å². The molecule has 0 radical (unpaired) electrons. The van der Waals surface area contributed by atoms with Gasteiger partial charge < -0.3 is 9.64 Å². The Morgan fingerprint density at radius 1 is 1.11 bits per heavy atom. The Balaban J connectivity index is 0.000000208. The zero-order valence-electron chi connectivity index (χ0n) is 21.3. The van der Waals surface area contributed by atoms with Crippen LogP contribution in [0, 0.1) is 41.6 Å². The number of ether oxygens (including phenoxy) is 1. The van der Waals surface area contributed by atoms with Gasteiger partial charge in [0.05, 0.1) is 17.7 Å². The number of hydrogen-bond donors (Lipinski definition) is 0. The Morgan fingerprint density at radius 3 is 2.35 bits per heavy atom.